The summed E-state index contributed by atoms with van der Waals surface area (Å²) < 4.78 is 0.923. The third kappa shape index (κ3) is 3.34. The highest BCUT2D eigenvalue weighted by molar-refractivity contribution is 9.10. The van der Waals surface area contributed by atoms with Gasteiger partial charge in [0.05, 0.1) is 6.54 Å². The smallest absolute Gasteiger partial charge is 0.319 e. The van der Waals surface area contributed by atoms with Gasteiger partial charge in [0.2, 0.25) is 0 Å². The fourth-order valence-electron chi connectivity index (χ4n) is 3.44. The van der Waals surface area contributed by atoms with Gasteiger partial charge in [-0.1, -0.05) is 82.7 Å². The van der Waals surface area contributed by atoms with Crippen molar-refractivity contribution in [1.29, 1.82) is 0 Å². The molecule has 140 valence electrons. The standard InChI is InChI=1S/C23H19BrN2O2/c1-23(19-11-13-20(24)14-12-19)21(27)26(22(28)25-23)15-16-7-9-18(10-8-16)17-5-3-2-4-6-17/h2-14H,15H2,1H3,(H,25,28). The first-order chi connectivity index (χ1) is 13.5. The minimum atomic E-state index is -1.05. The molecular formula is C23H19BrN2O2. The third-order valence-corrected chi connectivity index (χ3v) is 5.63. The summed E-state index contributed by atoms with van der Waals surface area (Å²) in [7, 11) is 0. The van der Waals surface area contributed by atoms with E-state index < -0.39 is 5.54 Å². The quantitative estimate of drug-likeness (QED) is 0.581. The van der Waals surface area contributed by atoms with Crippen molar-refractivity contribution in [3.05, 3.63) is 94.5 Å². The average Bonchev–Trinajstić information content (AvgIpc) is 2.93. The van der Waals surface area contributed by atoms with Crippen molar-refractivity contribution in [3.8, 4) is 11.1 Å². The Morgan fingerprint density at radius 3 is 2.11 bits per heavy atom. The maximum atomic E-state index is 13.0. The molecule has 0 radical (unpaired) electrons. The van der Waals surface area contributed by atoms with Gasteiger partial charge in [-0.15, -0.1) is 0 Å². The van der Waals surface area contributed by atoms with Crippen LogP contribution in [0.25, 0.3) is 11.1 Å². The average molecular weight is 435 g/mol. The minimum absolute atomic E-state index is 0.242. The fourth-order valence-corrected chi connectivity index (χ4v) is 3.70. The molecule has 28 heavy (non-hydrogen) atoms. The number of hydrogen-bond acceptors (Lipinski definition) is 2. The fraction of sp³-hybridized carbons (Fsp3) is 0.130. The molecule has 0 aliphatic carbocycles. The van der Waals surface area contributed by atoms with Gasteiger partial charge in [0, 0.05) is 4.47 Å². The molecule has 1 unspecified atom stereocenters. The largest absolute Gasteiger partial charge is 0.325 e. The molecule has 0 saturated carbocycles. The summed E-state index contributed by atoms with van der Waals surface area (Å²) in [6.45, 7) is 1.99. The number of nitrogens with one attached hydrogen (secondary N) is 1. The lowest BCUT2D eigenvalue weighted by Crippen LogP contribution is -2.40. The van der Waals surface area contributed by atoms with Gasteiger partial charge in [0.15, 0.2) is 0 Å². The van der Waals surface area contributed by atoms with Crippen molar-refractivity contribution in [3.63, 3.8) is 0 Å². The van der Waals surface area contributed by atoms with Gasteiger partial charge in [-0.2, -0.15) is 0 Å². The molecule has 1 fully saturated rings. The molecule has 1 aliphatic heterocycles. The second-order valence-corrected chi connectivity index (χ2v) is 7.93. The van der Waals surface area contributed by atoms with Gasteiger partial charge >= 0.3 is 6.03 Å². The minimum Gasteiger partial charge on any atom is -0.319 e. The van der Waals surface area contributed by atoms with Crippen LogP contribution in [0.3, 0.4) is 0 Å². The molecule has 1 heterocycles. The molecule has 0 bridgehead atoms. The molecule has 3 amide bonds. The van der Waals surface area contributed by atoms with Gasteiger partial charge in [0.25, 0.3) is 5.91 Å². The first kappa shape index (κ1) is 18.4. The van der Waals surface area contributed by atoms with Crippen LogP contribution >= 0.6 is 15.9 Å². The topological polar surface area (TPSA) is 49.4 Å². The number of imide groups is 1. The Bertz CT molecular complexity index is 1020. The molecule has 1 saturated heterocycles. The molecule has 1 aliphatic rings. The number of hydrogen-bond donors (Lipinski definition) is 1. The second-order valence-electron chi connectivity index (χ2n) is 7.02. The Morgan fingerprint density at radius 1 is 0.857 bits per heavy atom. The van der Waals surface area contributed by atoms with Crippen LogP contribution in [0.2, 0.25) is 0 Å². The molecular weight excluding hydrogens is 416 g/mol. The lowest BCUT2D eigenvalue weighted by molar-refractivity contribution is -0.131. The van der Waals surface area contributed by atoms with E-state index in [4.69, 9.17) is 0 Å². The van der Waals surface area contributed by atoms with Crippen LogP contribution in [0.4, 0.5) is 4.79 Å². The number of nitrogens with zero attached hydrogens (tertiary/aromatic N) is 1. The van der Waals surface area contributed by atoms with Crippen molar-refractivity contribution in [1.82, 2.24) is 10.2 Å². The Hall–Kier alpha value is -2.92. The zero-order valence-corrected chi connectivity index (χ0v) is 16.9. The van der Waals surface area contributed by atoms with E-state index >= 15 is 0 Å². The van der Waals surface area contributed by atoms with E-state index in [1.807, 2.05) is 66.7 Å². The van der Waals surface area contributed by atoms with Crippen molar-refractivity contribution >= 4 is 27.9 Å². The molecule has 0 spiro atoms. The molecule has 4 nitrogen and oxygen atoms in total. The molecule has 5 heteroatoms. The highest BCUT2D eigenvalue weighted by atomic mass is 79.9. The predicted molar refractivity (Wildman–Crippen MR) is 112 cm³/mol. The zero-order chi connectivity index (χ0) is 19.7. The van der Waals surface area contributed by atoms with Gasteiger partial charge in [-0.25, -0.2) is 4.79 Å². The normalized spacial score (nSPS) is 19.0. The van der Waals surface area contributed by atoms with Crippen LogP contribution in [-0.4, -0.2) is 16.8 Å². The Labute approximate surface area is 172 Å². The Balaban J connectivity index is 1.54. The van der Waals surface area contributed by atoms with Crippen molar-refractivity contribution < 1.29 is 9.59 Å². The number of urea groups is 1. The predicted octanol–water partition coefficient (Wildman–Crippen LogP) is 5.08. The van der Waals surface area contributed by atoms with Crippen molar-refractivity contribution in [2.45, 2.75) is 19.0 Å². The molecule has 3 aromatic rings. The lowest BCUT2D eigenvalue weighted by atomic mass is 9.92. The van der Waals surface area contributed by atoms with E-state index in [0.29, 0.717) is 0 Å². The second kappa shape index (κ2) is 7.24. The molecule has 1 N–H and O–H groups in total. The summed E-state index contributed by atoms with van der Waals surface area (Å²) in [4.78, 5) is 26.8. The maximum Gasteiger partial charge on any atom is 0.325 e. The summed E-state index contributed by atoms with van der Waals surface area (Å²) in [5.41, 5.74) is 2.84. The summed E-state index contributed by atoms with van der Waals surface area (Å²) in [5.74, 6) is -0.244. The number of carbonyl (C=O) groups is 2. The van der Waals surface area contributed by atoms with Gasteiger partial charge in [0.1, 0.15) is 5.54 Å². The van der Waals surface area contributed by atoms with Crippen LogP contribution in [-0.2, 0) is 16.9 Å². The molecule has 1 atom stereocenters. The van der Waals surface area contributed by atoms with E-state index in [-0.39, 0.29) is 18.5 Å². The van der Waals surface area contributed by atoms with E-state index in [2.05, 4.69) is 33.4 Å². The van der Waals surface area contributed by atoms with Crippen LogP contribution in [0.15, 0.2) is 83.3 Å². The summed E-state index contributed by atoms with van der Waals surface area (Å²) in [6, 6.07) is 25.1. The SMILES string of the molecule is CC1(c2ccc(Br)cc2)NC(=O)N(Cc2ccc(-c3ccccc3)cc2)C1=O. The summed E-state index contributed by atoms with van der Waals surface area (Å²) >= 11 is 3.39. The lowest BCUT2D eigenvalue weighted by Gasteiger charge is -2.22. The monoisotopic (exact) mass is 434 g/mol. The van der Waals surface area contributed by atoms with E-state index in [9.17, 15) is 9.59 Å². The van der Waals surface area contributed by atoms with Crippen molar-refractivity contribution in [2.75, 3.05) is 0 Å². The third-order valence-electron chi connectivity index (χ3n) is 5.10. The maximum absolute atomic E-state index is 13.0. The number of amides is 3. The molecule has 3 aromatic carbocycles. The Morgan fingerprint density at radius 2 is 1.46 bits per heavy atom. The highest BCUT2D eigenvalue weighted by Crippen LogP contribution is 2.31. The van der Waals surface area contributed by atoms with Gasteiger partial charge in [-0.05, 0) is 41.3 Å². The number of halogens is 1. The highest BCUT2D eigenvalue weighted by Gasteiger charge is 2.48. The zero-order valence-electron chi connectivity index (χ0n) is 15.4. The van der Waals surface area contributed by atoms with Crippen LogP contribution in [0, 0.1) is 0 Å². The van der Waals surface area contributed by atoms with E-state index in [1.54, 1.807) is 6.92 Å². The molecule has 4 rings (SSSR count). The molecule has 0 aromatic heterocycles. The van der Waals surface area contributed by atoms with Crippen molar-refractivity contribution in [2.24, 2.45) is 0 Å². The number of benzene rings is 3. The van der Waals surface area contributed by atoms with E-state index in [0.717, 1.165) is 26.7 Å². The first-order valence-corrected chi connectivity index (χ1v) is 9.81. The van der Waals surface area contributed by atoms with Crippen LogP contribution in [0.5, 0.6) is 0 Å². The van der Waals surface area contributed by atoms with Crippen LogP contribution in [0.1, 0.15) is 18.1 Å². The van der Waals surface area contributed by atoms with E-state index in [1.165, 1.54) is 4.90 Å². The van der Waals surface area contributed by atoms with Gasteiger partial charge < -0.3 is 5.32 Å². The number of rotatable bonds is 4. The summed E-state index contributed by atoms with van der Waals surface area (Å²) in [5, 5.41) is 2.85. The van der Waals surface area contributed by atoms with Crippen LogP contribution < -0.4 is 5.32 Å². The first-order valence-electron chi connectivity index (χ1n) is 9.02. The Kier molecular flexibility index (Phi) is 4.77. The van der Waals surface area contributed by atoms with Gasteiger partial charge in [-0.3, -0.25) is 9.69 Å². The summed E-state index contributed by atoms with van der Waals surface area (Å²) in [6.07, 6.45) is 0. The number of carbonyl (C=O) groups excluding carboxylic acids is 2.